The Bertz CT molecular complexity index is 329. The van der Waals surface area contributed by atoms with Gasteiger partial charge in [-0.05, 0) is 31.1 Å². The predicted molar refractivity (Wildman–Crippen MR) is 57.8 cm³/mol. The summed E-state index contributed by atoms with van der Waals surface area (Å²) in [5.41, 5.74) is 0.977. The van der Waals surface area contributed by atoms with Crippen LogP contribution in [0.4, 0.5) is 5.69 Å². The van der Waals surface area contributed by atoms with E-state index >= 15 is 0 Å². The maximum Gasteiger partial charge on any atom is 0.133 e. The average Bonchev–Trinajstić information content (AvgIpc) is 2.29. The fraction of sp³-hybridized carbons (Fsp3) is 0.250. The second-order valence-electron chi connectivity index (χ2n) is 3.24. The molecule has 0 spiro atoms. The zero-order valence-electron chi connectivity index (χ0n) is 7.97. The number of rotatable bonds is 2. The lowest BCUT2D eigenvalue weighted by Gasteiger charge is -2.14. The summed E-state index contributed by atoms with van der Waals surface area (Å²) in [6, 6.07) is 9.91. The Morgan fingerprint density at radius 1 is 1.29 bits per heavy atom. The van der Waals surface area contributed by atoms with Crippen LogP contribution in [0.3, 0.4) is 0 Å². The normalized spacial score (nSPS) is 21.0. The Labute approximate surface area is 83.9 Å². The van der Waals surface area contributed by atoms with E-state index in [1.807, 2.05) is 42.6 Å². The number of para-hydroxylation sites is 1. The van der Waals surface area contributed by atoms with Crippen molar-refractivity contribution >= 4 is 11.9 Å². The lowest BCUT2D eigenvalue weighted by atomic mass is 10.2. The summed E-state index contributed by atoms with van der Waals surface area (Å²) in [7, 11) is 0. The van der Waals surface area contributed by atoms with E-state index in [4.69, 9.17) is 4.74 Å². The second kappa shape index (κ2) is 4.61. The molecule has 1 aliphatic rings. The summed E-state index contributed by atoms with van der Waals surface area (Å²) in [5, 5.41) is 0. The largest absolute Gasteiger partial charge is 0.493 e. The first-order chi connectivity index (χ1) is 6.95. The Morgan fingerprint density at radius 3 is 2.86 bits per heavy atom. The van der Waals surface area contributed by atoms with Gasteiger partial charge in [0.25, 0.3) is 0 Å². The molecule has 1 atom stereocenters. The van der Waals surface area contributed by atoms with Gasteiger partial charge in [-0.2, -0.15) is 0 Å². The molecule has 1 aromatic rings. The molecule has 1 aliphatic heterocycles. The van der Waals surface area contributed by atoms with E-state index in [0.717, 1.165) is 18.5 Å². The molecule has 0 amide bonds. The highest BCUT2D eigenvalue weighted by Gasteiger charge is 2.06. The van der Waals surface area contributed by atoms with E-state index in [0.29, 0.717) is 0 Å². The van der Waals surface area contributed by atoms with Gasteiger partial charge in [0.15, 0.2) is 0 Å². The Hall–Kier alpha value is -1.57. The molecule has 0 aromatic heterocycles. The summed E-state index contributed by atoms with van der Waals surface area (Å²) in [5.74, 6) is 0. The smallest absolute Gasteiger partial charge is 0.133 e. The molecule has 0 fully saturated rings. The molecule has 2 rings (SSSR count). The van der Waals surface area contributed by atoms with Gasteiger partial charge in [-0.1, -0.05) is 18.2 Å². The number of aliphatic imine (C=N–C) groups is 1. The van der Waals surface area contributed by atoms with Gasteiger partial charge >= 0.3 is 0 Å². The molecule has 0 saturated carbocycles. The Morgan fingerprint density at radius 2 is 2.14 bits per heavy atom. The number of nitrogens with zero attached hydrogens (tertiary/aromatic N) is 1. The number of allylic oxidation sites excluding steroid dienone is 1. The summed E-state index contributed by atoms with van der Waals surface area (Å²) < 4.78 is 5.37. The third-order valence-corrected chi connectivity index (χ3v) is 2.11. The molecule has 1 aromatic carbocycles. The third-order valence-electron chi connectivity index (χ3n) is 2.11. The number of hydrogen-bond acceptors (Lipinski definition) is 2. The molecule has 0 aliphatic carbocycles. The fourth-order valence-corrected chi connectivity index (χ4v) is 1.35. The van der Waals surface area contributed by atoms with Gasteiger partial charge in [-0.15, -0.1) is 0 Å². The van der Waals surface area contributed by atoms with Crippen molar-refractivity contribution in [3.05, 3.63) is 42.7 Å². The van der Waals surface area contributed by atoms with Crippen molar-refractivity contribution in [2.45, 2.75) is 18.9 Å². The maximum absolute atomic E-state index is 5.37. The number of ether oxygens (including phenoxy) is 1. The first-order valence-electron chi connectivity index (χ1n) is 4.85. The molecule has 72 valence electrons. The van der Waals surface area contributed by atoms with Crippen LogP contribution in [0.1, 0.15) is 12.8 Å². The number of hydrogen-bond donors (Lipinski definition) is 0. The van der Waals surface area contributed by atoms with Crippen molar-refractivity contribution in [3.8, 4) is 0 Å². The van der Waals surface area contributed by atoms with Crippen LogP contribution in [0, 0.1) is 0 Å². The maximum atomic E-state index is 5.37. The zero-order valence-corrected chi connectivity index (χ0v) is 7.97. The summed E-state index contributed by atoms with van der Waals surface area (Å²) in [4.78, 5) is 4.35. The minimum Gasteiger partial charge on any atom is -0.493 e. The zero-order chi connectivity index (χ0) is 9.64. The molecule has 0 bridgehead atoms. The fourth-order valence-electron chi connectivity index (χ4n) is 1.35. The minimum atomic E-state index is 0.139. The SMILES string of the molecule is C1=COC(C=Nc2ccccc2)CC1. The Balaban J connectivity index is 1.97. The summed E-state index contributed by atoms with van der Waals surface area (Å²) in [6.45, 7) is 0. The van der Waals surface area contributed by atoms with Gasteiger partial charge in [0.2, 0.25) is 0 Å². The van der Waals surface area contributed by atoms with Crippen LogP contribution in [-0.4, -0.2) is 12.3 Å². The summed E-state index contributed by atoms with van der Waals surface area (Å²) >= 11 is 0. The van der Waals surface area contributed by atoms with E-state index in [9.17, 15) is 0 Å². The molecule has 14 heavy (non-hydrogen) atoms. The third kappa shape index (κ3) is 2.46. The monoisotopic (exact) mass is 187 g/mol. The first kappa shape index (κ1) is 9.00. The van der Waals surface area contributed by atoms with Crippen LogP contribution in [0.5, 0.6) is 0 Å². The van der Waals surface area contributed by atoms with Gasteiger partial charge in [0.05, 0.1) is 11.9 Å². The van der Waals surface area contributed by atoms with Crippen molar-refractivity contribution in [3.63, 3.8) is 0 Å². The second-order valence-corrected chi connectivity index (χ2v) is 3.24. The molecular weight excluding hydrogens is 174 g/mol. The molecular formula is C12H13NO. The van der Waals surface area contributed by atoms with E-state index in [-0.39, 0.29) is 6.10 Å². The highest BCUT2D eigenvalue weighted by atomic mass is 16.5. The number of benzene rings is 1. The van der Waals surface area contributed by atoms with Crippen LogP contribution < -0.4 is 0 Å². The van der Waals surface area contributed by atoms with Gasteiger partial charge in [-0.3, -0.25) is 4.99 Å². The lowest BCUT2D eigenvalue weighted by molar-refractivity contribution is 0.185. The van der Waals surface area contributed by atoms with Crippen molar-refractivity contribution < 1.29 is 4.74 Å². The predicted octanol–water partition coefficient (Wildman–Crippen LogP) is 3.08. The van der Waals surface area contributed by atoms with Crippen LogP contribution in [0.15, 0.2) is 47.7 Å². The summed E-state index contributed by atoms with van der Waals surface area (Å²) in [6.07, 6.45) is 7.90. The standard InChI is InChI=1S/C12H13NO/c1-2-6-11(7-3-1)13-10-12-8-4-5-9-14-12/h1-3,5-7,9-10,12H,4,8H2. The van der Waals surface area contributed by atoms with Crippen LogP contribution >= 0.6 is 0 Å². The van der Waals surface area contributed by atoms with E-state index < -0.39 is 0 Å². The topological polar surface area (TPSA) is 21.6 Å². The molecule has 1 heterocycles. The highest BCUT2D eigenvalue weighted by molar-refractivity contribution is 5.67. The van der Waals surface area contributed by atoms with Crippen molar-refractivity contribution in [2.75, 3.05) is 0 Å². The molecule has 0 radical (unpaired) electrons. The van der Waals surface area contributed by atoms with Gasteiger partial charge < -0.3 is 4.74 Å². The van der Waals surface area contributed by atoms with Gasteiger partial charge in [-0.25, -0.2) is 0 Å². The van der Waals surface area contributed by atoms with Gasteiger partial charge in [0, 0.05) is 6.21 Å². The van der Waals surface area contributed by atoms with Crippen molar-refractivity contribution in [1.82, 2.24) is 0 Å². The Kier molecular flexibility index (Phi) is 2.96. The quantitative estimate of drug-likeness (QED) is 0.652. The van der Waals surface area contributed by atoms with Crippen LogP contribution in [-0.2, 0) is 4.74 Å². The van der Waals surface area contributed by atoms with Crippen molar-refractivity contribution in [2.24, 2.45) is 4.99 Å². The minimum absolute atomic E-state index is 0.139. The van der Waals surface area contributed by atoms with E-state index in [2.05, 4.69) is 4.99 Å². The molecule has 2 heteroatoms. The van der Waals surface area contributed by atoms with E-state index in [1.165, 1.54) is 0 Å². The molecule has 1 unspecified atom stereocenters. The first-order valence-corrected chi connectivity index (χ1v) is 4.85. The average molecular weight is 187 g/mol. The molecule has 2 nitrogen and oxygen atoms in total. The molecule has 0 N–H and O–H groups in total. The van der Waals surface area contributed by atoms with Crippen LogP contribution in [0.2, 0.25) is 0 Å². The lowest BCUT2D eigenvalue weighted by Crippen LogP contribution is -2.13. The van der Waals surface area contributed by atoms with Crippen molar-refractivity contribution in [1.29, 1.82) is 0 Å². The van der Waals surface area contributed by atoms with Crippen LogP contribution in [0.25, 0.3) is 0 Å². The molecule has 0 saturated heterocycles. The van der Waals surface area contributed by atoms with Gasteiger partial charge in [0.1, 0.15) is 6.10 Å². The van der Waals surface area contributed by atoms with E-state index in [1.54, 1.807) is 6.26 Å². The highest BCUT2D eigenvalue weighted by Crippen LogP contribution is 2.12.